The fourth-order valence-corrected chi connectivity index (χ4v) is 1.26. The molecule has 0 unspecified atom stereocenters. The molecule has 0 fully saturated rings. The van der Waals surface area contributed by atoms with Gasteiger partial charge in [0.1, 0.15) is 11.6 Å². The molecule has 0 atom stereocenters. The van der Waals surface area contributed by atoms with Crippen LogP contribution in [0.2, 0.25) is 0 Å². The van der Waals surface area contributed by atoms with E-state index in [0.29, 0.717) is 5.75 Å². The highest BCUT2D eigenvalue weighted by molar-refractivity contribution is 5.85. The molecule has 3 heteroatoms. The first-order chi connectivity index (χ1) is 5.81. The van der Waals surface area contributed by atoms with Gasteiger partial charge >= 0.3 is 0 Å². The van der Waals surface area contributed by atoms with E-state index in [9.17, 15) is 4.39 Å². The highest BCUT2D eigenvalue weighted by Crippen LogP contribution is 2.24. The van der Waals surface area contributed by atoms with Crippen molar-refractivity contribution in [1.82, 2.24) is 4.98 Å². The van der Waals surface area contributed by atoms with E-state index in [0.717, 1.165) is 10.9 Å². The van der Waals surface area contributed by atoms with Crippen LogP contribution in [0.25, 0.3) is 10.9 Å². The van der Waals surface area contributed by atoms with Gasteiger partial charge in [0, 0.05) is 17.6 Å². The summed E-state index contributed by atoms with van der Waals surface area (Å²) in [6.07, 6.45) is 1.76. The average Bonchev–Trinajstić information content (AvgIpc) is 2.50. The number of fused-ring (bicyclic) bond motifs is 1. The lowest BCUT2D eigenvalue weighted by atomic mass is 10.2. The number of benzene rings is 1. The van der Waals surface area contributed by atoms with Crippen molar-refractivity contribution in [2.45, 2.75) is 0 Å². The molecule has 0 saturated carbocycles. The summed E-state index contributed by atoms with van der Waals surface area (Å²) in [5.74, 6) is 0.258. The van der Waals surface area contributed by atoms with Gasteiger partial charge in [-0.15, -0.1) is 0 Å². The molecule has 2 rings (SSSR count). The number of aromatic amines is 1. The quantitative estimate of drug-likeness (QED) is 0.689. The van der Waals surface area contributed by atoms with Crippen molar-refractivity contribution in [3.05, 3.63) is 30.2 Å². The summed E-state index contributed by atoms with van der Waals surface area (Å²) in [4.78, 5) is 2.97. The maximum atomic E-state index is 12.9. The number of rotatable bonds is 1. The number of ether oxygens (including phenoxy) is 1. The van der Waals surface area contributed by atoms with Crippen LogP contribution in [0.4, 0.5) is 4.39 Å². The van der Waals surface area contributed by atoms with Gasteiger partial charge in [0.25, 0.3) is 0 Å². The summed E-state index contributed by atoms with van der Waals surface area (Å²) in [7, 11) is 1.52. The third kappa shape index (κ3) is 0.942. The van der Waals surface area contributed by atoms with Crippen molar-refractivity contribution < 1.29 is 9.13 Å². The second-order valence-electron chi connectivity index (χ2n) is 2.55. The molecule has 1 heterocycles. The first-order valence-corrected chi connectivity index (χ1v) is 3.62. The van der Waals surface area contributed by atoms with Crippen molar-refractivity contribution >= 4 is 10.9 Å². The third-order valence-electron chi connectivity index (χ3n) is 1.81. The van der Waals surface area contributed by atoms with Gasteiger partial charge in [-0.3, -0.25) is 0 Å². The Morgan fingerprint density at radius 1 is 1.42 bits per heavy atom. The van der Waals surface area contributed by atoms with Crippen LogP contribution in [0.15, 0.2) is 24.4 Å². The molecule has 2 aromatic rings. The van der Waals surface area contributed by atoms with Crippen LogP contribution in [0, 0.1) is 5.82 Å². The van der Waals surface area contributed by atoms with Crippen molar-refractivity contribution in [1.29, 1.82) is 0 Å². The van der Waals surface area contributed by atoms with Gasteiger partial charge in [0.05, 0.1) is 12.6 Å². The van der Waals surface area contributed by atoms with Gasteiger partial charge in [-0.1, -0.05) is 0 Å². The summed E-state index contributed by atoms with van der Waals surface area (Å²) >= 11 is 0. The summed E-state index contributed by atoms with van der Waals surface area (Å²) in [6.45, 7) is 0. The summed E-state index contributed by atoms with van der Waals surface area (Å²) < 4.78 is 17.9. The first kappa shape index (κ1) is 7.16. The predicted octanol–water partition coefficient (Wildman–Crippen LogP) is 2.32. The Labute approximate surface area is 69.0 Å². The molecule has 1 N–H and O–H groups in total. The average molecular weight is 165 g/mol. The molecule has 0 aliphatic heterocycles. The van der Waals surface area contributed by atoms with Gasteiger partial charge < -0.3 is 9.72 Å². The Bertz CT molecular complexity index is 408. The maximum Gasteiger partial charge on any atom is 0.145 e. The summed E-state index contributed by atoms with van der Waals surface area (Å²) in [5, 5.41) is 0.826. The van der Waals surface area contributed by atoms with Crippen LogP contribution in [-0.4, -0.2) is 12.1 Å². The summed E-state index contributed by atoms with van der Waals surface area (Å²) in [5.41, 5.74) is 0.832. The molecule has 12 heavy (non-hydrogen) atoms. The third-order valence-corrected chi connectivity index (χ3v) is 1.81. The van der Waals surface area contributed by atoms with E-state index in [-0.39, 0.29) is 5.82 Å². The zero-order valence-electron chi connectivity index (χ0n) is 6.60. The lowest BCUT2D eigenvalue weighted by Crippen LogP contribution is -1.85. The number of aromatic nitrogens is 1. The number of hydrogen-bond acceptors (Lipinski definition) is 1. The fraction of sp³-hybridized carbons (Fsp3) is 0.111. The van der Waals surface area contributed by atoms with Crippen LogP contribution in [0.1, 0.15) is 0 Å². The van der Waals surface area contributed by atoms with Crippen molar-refractivity contribution in [3.8, 4) is 5.75 Å². The molecule has 0 bridgehead atoms. The highest BCUT2D eigenvalue weighted by atomic mass is 19.1. The van der Waals surface area contributed by atoms with Crippen molar-refractivity contribution in [2.75, 3.05) is 7.11 Å². The second kappa shape index (κ2) is 2.52. The van der Waals surface area contributed by atoms with E-state index < -0.39 is 0 Å². The normalized spacial score (nSPS) is 10.5. The molecule has 2 nitrogen and oxygen atoms in total. The Hall–Kier alpha value is -1.51. The predicted molar refractivity (Wildman–Crippen MR) is 44.8 cm³/mol. The molecular formula is C9H8FNO. The monoisotopic (exact) mass is 165 g/mol. The molecule has 1 aromatic heterocycles. The van der Waals surface area contributed by atoms with Crippen LogP contribution in [0.3, 0.4) is 0 Å². The van der Waals surface area contributed by atoms with E-state index >= 15 is 0 Å². The van der Waals surface area contributed by atoms with Gasteiger partial charge in [0.2, 0.25) is 0 Å². The van der Waals surface area contributed by atoms with Crippen LogP contribution < -0.4 is 4.74 Å². The largest absolute Gasteiger partial charge is 0.494 e. The Morgan fingerprint density at radius 3 is 3.00 bits per heavy atom. The number of methoxy groups -OCH3 is 1. The zero-order chi connectivity index (χ0) is 8.55. The van der Waals surface area contributed by atoms with Gasteiger partial charge in [-0.05, 0) is 12.1 Å². The van der Waals surface area contributed by atoms with Crippen LogP contribution in [0.5, 0.6) is 5.75 Å². The molecule has 0 saturated heterocycles. The Morgan fingerprint density at radius 2 is 2.25 bits per heavy atom. The van der Waals surface area contributed by atoms with Crippen molar-refractivity contribution in [2.24, 2.45) is 0 Å². The first-order valence-electron chi connectivity index (χ1n) is 3.62. The zero-order valence-corrected chi connectivity index (χ0v) is 6.60. The lowest BCUT2D eigenvalue weighted by molar-refractivity contribution is 0.416. The van der Waals surface area contributed by atoms with E-state index in [1.165, 1.54) is 19.2 Å². The molecular weight excluding hydrogens is 157 g/mol. The Kier molecular flexibility index (Phi) is 1.50. The van der Waals surface area contributed by atoms with E-state index in [1.54, 1.807) is 12.3 Å². The molecule has 62 valence electrons. The lowest BCUT2D eigenvalue weighted by Gasteiger charge is -2.00. The molecule has 0 amide bonds. The van der Waals surface area contributed by atoms with E-state index in [1.807, 2.05) is 0 Å². The topological polar surface area (TPSA) is 25.0 Å². The number of halogens is 1. The molecule has 0 spiro atoms. The SMILES string of the molecule is COc1cc(F)cc2cc[nH]c12. The molecule has 1 aromatic carbocycles. The van der Waals surface area contributed by atoms with Crippen molar-refractivity contribution in [3.63, 3.8) is 0 Å². The highest BCUT2D eigenvalue weighted by Gasteiger charge is 2.03. The molecule has 0 radical (unpaired) electrons. The number of hydrogen-bond donors (Lipinski definition) is 1. The standard InChI is InChI=1S/C9H8FNO/c1-12-8-5-7(10)4-6-2-3-11-9(6)8/h2-5,11H,1H3. The summed E-state index contributed by atoms with van der Waals surface area (Å²) in [6, 6.07) is 4.63. The van der Waals surface area contributed by atoms with Gasteiger partial charge in [0.15, 0.2) is 0 Å². The number of H-pyrrole nitrogens is 1. The van der Waals surface area contributed by atoms with Gasteiger partial charge in [-0.2, -0.15) is 0 Å². The maximum absolute atomic E-state index is 12.9. The van der Waals surface area contributed by atoms with Crippen LogP contribution >= 0.6 is 0 Å². The second-order valence-corrected chi connectivity index (χ2v) is 2.55. The minimum atomic E-state index is -0.279. The van der Waals surface area contributed by atoms with Gasteiger partial charge in [-0.25, -0.2) is 4.39 Å². The smallest absolute Gasteiger partial charge is 0.145 e. The molecule has 0 aliphatic rings. The Balaban J connectivity index is 2.80. The number of nitrogens with one attached hydrogen (secondary N) is 1. The van der Waals surface area contributed by atoms with Crippen LogP contribution in [-0.2, 0) is 0 Å². The van der Waals surface area contributed by atoms with E-state index in [4.69, 9.17) is 4.74 Å². The minimum absolute atomic E-state index is 0.279. The van der Waals surface area contributed by atoms with E-state index in [2.05, 4.69) is 4.98 Å². The fourth-order valence-electron chi connectivity index (χ4n) is 1.26. The minimum Gasteiger partial charge on any atom is -0.494 e. The molecule has 0 aliphatic carbocycles.